The Hall–Kier alpha value is -2.95. The molecule has 1 amide bonds. The predicted molar refractivity (Wildman–Crippen MR) is 93.2 cm³/mol. The molecular formula is C19H20N4O. The Morgan fingerprint density at radius 2 is 1.96 bits per heavy atom. The fourth-order valence-electron chi connectivity index (χ4n) is 2.48. The topological polar surface area (TPSA) is 59.8 Å². The molecule has 5 heteroatoms. The highest BCUT2D eigenvalue weighted by Gasteiger charge is 2.11. The number of nitrogens with zero attached hydrogens (tertiary/aromatic N) is 3. The Labute approximate surface area is 141 Å². The Kier molecular flexibility index (Phi) is 5.01. The lowest BCUT2D eigenvalue weighted by atomic mass is 10.1. The van der Waals surface area contributed by atoms with E-state index >= 15 is 0 Å². The minimum absolute atomic E-state index is 0.191. The SMILES string of the molecule is Cc1cccc(-n2cnc(C(=O)NCCCc3ccccc3)n2)c1. The highest BCUT2D eigenvalue weighted by Crippen LogP contribution is 2.08. The number of carbonyl (C=O) groups excluding carboxylic acids is 1. The smallest absolute Gasteiger partial charge is 0.290 e. The third-order valence-corrected chi connectivity index (χ3v) is 3.73. The van der Waals surface area contributed by atoms with Crippen molar-refractivity contribution in [1.29, 1.82) is 0 Å². The number of aryl methyl sites for hydroxylation is 2. The molecule has 0 saturated heterocycles. The van der Waals surface area contributed by atoms with Crippen LogP contribution in [0.15, 0.2) is 60.9 Å². The van der Waals surface area contributed by atoms with E-state index in [1.807, 2.05) is 49.4 Å². The van der Waals surface area contributed by atoms with Crippen molar-refractivity contribution in [3.8, 4) is 5.69 Å². The molecule has 0 aliphatic heterocycles. The van der Waals surface area contributed by atoms with Crippen LogP contribution in [0.5, 0.6) is 0 Å². The van der Waals surface area contributed by atoms with Crippen molar-refractivity contribution in [1.82, 2.24) is 20.1 Å². The summed E-state index contributed by atoms with van der Waals surface area (Å²) in [6.07, 6.45) is 3.38. The zero-order valence-electron chi connectivity index (χ0n) is 13.6. The lowest BCUT2D eigenvalue weighted by Crippen LogP contribution is -2.26. The van der Waals surface area contributed by atoms with Crippen LogP contribution >= 0.6 is 0 Å². The number of hydrogen-bond donors (Lipinski definition) is 1. The van der Waals surface area contributed by atoms with Gasteiger partial charge in [0.1, 0.15) is 6.33 Å². The molecule has 0 spiro atoms. The molecule has 24 heavy (non-hydrogen) atoms. The molecule has 0 fully saturated rings. The molecule has 0 aliphatic carbocycles. The van der Waals surface area contributed by atoms with E-state index < -0.39 is 0 Å². The van der Waals surface area contributed by atoms with Gasteiger partial charge < -0.3 is 5.32 Å². The molecule has 2 aromatic carbocycles. The van der Waals surface area contributed by atoms with E-state index in [0.717, 1.165) is 24.1 Å². The summed E-state index contributed by atoms with van der Waals surface area (Å²) in [5, 5.41) is 7.12. The largest absolute Gasteiger partial charge is 0.349 e. The van der Waals surface area contributed by atoms with Crippen molar-refractivity contribution in [2.45, 2.75) is 19.8 Å². The summed E-state index contributed by atoms with van der Waals surface area (Å²) in [5.74, 6) is -0.0503. The van der Waals surface area contributed by atoms with Crippen molar-refractivity contribution in [3.05, 3.63) is 77.9 Å². The lowest BCUT2D eigenvalue weighted by molar-refractivity contribution is 0.0943. The summed E-state index contributed by atoms with van der Waals surface area (Å²) in [4.78, 5) is 16.2. The van der Waals surface area contributed by atoms with Gasteiger partial charge in [-0.25, -0.2) is 9.67 Å². The Morgan fingerprint density at radius 3 is 2.75 bits per heavy atom. The van der Waals surface area contributed by atoms with E-state index in [1.54, 1.807) is 11.0 Å². The van der Waals surface area contributed by atoms with Crippen molar-refractivity contribution in [2.24, 2.45) is 0 Å². The molecule has 3 rings (SSSR count). The normalized spacial score (nSPS) is 10.5. The van der Waals surface area contributed by atoms with Gasteiger partial charge in [0.05, 0.1) is 5.69 Å². The standard InChI is InChI=1S/C19H20N4O/c1-15-7-5-11-17(13-15)23-14-21-18(22-23)19(24)20-12-6-10-16-8-3-2-4-9-16/h2-5,7-9,11,13-14H,6,10,12H2,1H3,(H,20,24). The highest BCUT2D eigenvalue weighted by molar-refractivity contribution is 5.90. The average Bonchev–Trinajstić information content (AvgIpc) is 3.10. The fourth-order valence-corrected chi connectivity index (χ4v) is 2.48. The van der Waals surface area contributed by atoms with Crippen LogP contribution in [-0.2, 0) is 6.42 Å². The van der Waals surface area contributed by atoms with Crippen LogP contribution in [0, 0.1) is 6.92 Å². The van der Waals surface area contributed by atoms with Gasteiger partial charge in [0.15, 0.2) is 0 Å². The van der Waals surface area contributed by atoms with Crippen molar-refractivity contribution < 1.29 is 4.79 Å². The van der Waals surface area contributed by atoms with Crippen LogP contribution < -0.4 is 5.32 Å². The number of rotatable bonds is 6. The quantitative estimate of drug-likeness (QED) is 0.710. The van der Waals surface area contributed by atoms with Crippen molar-refractivity contribution in [2.75, 3.05) is 6.54 Å². The van der Waals surface area contributed by atoms with Crippen LogP contribution in [0.1, 0.15) is 28.2 Å². The van der Waals surface area contributed by atoms with Gasteiger partial charge in [-0.2, -0.15) is 0 Å². The first kappa shape index (κ1) is 15.9. The third kappa shape index (κ3) is 4.07. The van der Waals surface area contributed by atoms with Crippen LogP contribution in [0.4, 0.5) is 0 Å². The maximum Gasteiger partial charge on any atom is 0.290 e. The number of hydrogen-bond acceptors (Lipinski definition) is 3. The molecule has 1 aromatic heterocycles. The van der Waals surface area contributed by atoms with Gasteiger partial charge in [-0.05, 0) is 43.0 Å². The molecule has 3 aromatic rings. The van der Waals surface area contributed by atoms with E-state index in [2.05, 4.69) is 27.5 Å². The summed E-state index contributed by atoms with van der Waals surface area (Å²) in [6, 6.07) is 18.1. The fraction of sp³-hybridized carbons (Fsp3) is 0.211. The molecule has 1 heterocycles. The number of nitrogens with one attached hydrogen (secondary N) is 1. The first-order chi connectivity index (χ1) is 11.7. The molecule has 0 unspecified atom stereocenters. The van der Waals surface area contributed by atoms with Gasteiger partial charge in [0, 0.05) is 6.54 Å². The number of benzene rings is 2. The molecule has 0 aliphatic rings. The predicted octanol–water partition coefficient (Wildman–Crippen LogP) is 2.94. The Balaban J connectivity index is 1.52. The van der Waals surface area contributed by atoms with Crippen LogP contribution in [0.2, 0.25) is 0 Å². The second kappa shape index (κ2) is 7.55. The van der Waals surface area contributed by atoms with Gasteiger partial charge in [-0.15, -0.1) is 5.10 Å². The number of amides is 1. The molecule has 5 nitrogen and oxygen atoms in total. The van der Waals surface area contributed by atoms with Crippen molar-refractivity contribution in [3.63, 3.8) is 0 Å². The number of carbonyl (C=O) groups is 1. The molecule has 0 radical (unpaired) electrons. The maximum atomic E-state index is 12.1. The first-order valence-electron chi connectivity index (χ1n) is 8.03. The maximum absolute atomic E-state index is 12.1. The van der Waals surface area contributed by atoms with E-state index in [4.69, 9.17) is 0 Å². The van der Waals surface area contributed by atoms with Crippen LogP contribution in [-0.4, -0.2) is 27.2 Å². The number of aromatic nitrogens is 3. The van der Waals surface area contributed by atoms with E-state index in [-0.39, 0.29) is 11.7 Å². The highest BCUT2D eigenvalue weighted by atomic mass is 16.2. The van der Waals surface area contributed by atoms with Gasteiger partial charge in [0.25, 0.3) is 5.91 Å². The van der Waals surface area contributed by atoms with Crippen LogP contribution in [0.25, 0.3) is 5.69 Å². The average molecular weight is 320 g/mol. The summed E-state index contributed by atoms with van der Waals surface area (Å²) >= 11 is 0. The molecule has 0 atom stereocenters. The van der Waals surface area contributed by atoms with E-state index in [9.17, 15) is 4.79 Å². The summed E-state index contributed by atoms with van der Waals surface area (Å²) in [7, 11) is 0. The van der Waals surface area contributed by atoms with Gasteiger partial charge in [-0.1, -0.05) is 42.5 Å². The summed E-state index contributed by atoms with van der Waals surface area (Å²) in [6.45, 7) is 2.62. The summed E-state index contributed by atoms with van der Waals surface area (Å²) in [5.41, 5.74) is 3.30. The van der Waals surface area contributed by atoms with E-state index in [0.29, 0.717) is 6.54 Å². The third-order valence-electron chi connectivity index (χ3n) is 3.73. The molecular weight excluding hydrogens is 300 g/mol. The molecule has 0 bridgehead atoms. The first-order valence-corrected chi connectivity index (χ1v) is 8.03. The van der Waals surface area contributed by atoms with Gasteiger partial charge in [0.2, 0.25) is 5.82 Å². The minimum Gasteiger partial charge on any atom is -0.349 e. The minimum atomic E-state index is -0.241. The van der Waals surface area contributed by atoms with Crippen molar-refractivity contribution >= 4 is 5.91 Å². The van der Waals surface area contributed by atoms with Gasteiger partial charge in [-0.3, -0.25) is 4.79 Å². The van der Waals surface area contributed by atoms with Crippen LogP contribution in [0.3, 0.4) is 0 Å². The molecule has 122 valence electrons. The van der Waals surface area contributed by atoms with Gasteiger partial charge >= 0.3 is 0 Å². The Bertz CT molecular complexity index is 811. The zero-order chi connectivity index (χ0) is 16.8. The monoisotopic (exact) mass is 320 g/mol. The van der Waals surface area contributed by atoms with E-state index in [1.165, 1.54) is 5.56 Å². The molecule has 0 saturated carbocycles. The zero-order valence-corrected chi connectivity index (χ0v) is 13.6. The second-order valence-electron chi connectivity index (χ2n) is 5.70. The molecule has 1 N–H and O–H groups in total. The second-order valence-corrected chi connectivity index (χ2v) is 5.70. The summed E-state index contributed by atoms with van der Waals surface area (Å²) < 4.78 is 1.62. The Morgan fingerprint density at radius 1 is 1.12 bits per heavy atom. The lowest BCUT2D eigenvalue weighted by Gasteiger charge is -2.03.